The van der Waals surface area contributed by atoms with Gasteiger partial charge in [0.25, 0.3) is 0 Å². The van der Waals surface area contributed by atoms with Crippen molar-refractivity contribution in [1.82, 2.24) is 0 Å². The SMILES string of the molecule is CCC(C)(C)OCCC(C)(C)N. The Kier molecular flexibility index (Phi) is 4.21. The van der Waals surface area contributed by atoms with Gasteiger partial charge in [0, 0.05) is 12.1 Å². The molecule has 0 aromatic carbocycles. The molecule has 0 aromatic rings. The molecule has 0 aromatic heterocycles. The molecule has 0 saturated heterocycles. The van der Waals surface area contributed by atoms with Gasteiger partial charge in [0.1, 0.15) is 0 Å². The predicted molar refractivity (Wildman–Crippen MR) is 53.2 cm³/mol. The van der Waals surface area contributed by atoms with Crippen LogP contribution < -0.4 is 5.73 Å². The molecule has 2 N–H and O–H groups in total. The first-order valence-electron chi connectivity index (χ1n) is 4.70. The van der Waals surface area contributed by atoms with Crippen molar-refractivity contribution >= 4 is 0 Å². The van der Waals surface area contributed by atoms with Gasteiger partial charge in [0.05, 0.1) is 5.60 Å². The first-order valence-corrected chi connectivity index (χ1v) is 4.70. The van der Waals surface area contributed by atoms with E-state index in [1.807, 2.05) is 13.8 Å². The number of rotatable bonds is 5. The topological polar surface area (TPSA) is 35.2 Å². The molecule has 0 rings (SSSR count). The molecule has 2 nitrogen and oxygen atoms in total. The molecule has 0 amide bonds. The molecule has 0 bridgehead atoms. The average molecular weight is 173 g/mol. The van der Waals surface area contributed by atoms with E-state index in [1.165, 1.54) is 0 Å². The minimum absolute atomic E-state index is 0.00521. The maximum Gasteiger partial charge on any atom is 0.0623 e. The Balaban J connectivity index is 3.57. The van der Waals surface area contributed by atoms with E-state index in [0.717, 1.165) is 19.4 Å². The van der Waals surface area contributed by atoms with E-state index in [9.17, 15) is 0 Å². The summed E-state index contributed by atoms with van der Waals surface area (Å²) in [7, 11) is 0. The lowest BCUT2D eigenvalue weighted by Crippen LogP contribution is -2.35. The zero-order chi connectivity index (χ0) is 9.83. The van der Waals surface area contributed by atoms with Crippen molar-refractivity contribution in [3.63, 3.8) is 0 Å². The van der Waals surface area contributed by atoms with Gasteiger partial charge in [-0.2, -0.15) is 0 Å². The van der Waals surface area contributed by atoms with Crippen molar-refractivity contribution in [2.24, 2.45) is 5.73 Å². The Labute approximate surface area is 76.5 Å². The van der Waals surface area contributed by atoms with Crippen molar-refractivity contribution < 1.29 is 4.74 Å². The number of hydrogen-bond acceptors (Lipinski definition) is 2. The summed E-state index contributed by atoms with van der Waals surface area (Å²) in [5.41, 5.74) is 5.72. The van der Waals surface area contributed by atoms with E-state index in [0.29, 0.717) is 0 Å². The molecular formula is C10H23NO. The summed E-state index contributed by atoms with van der Waals surface area (Å²) in [4.78, 5) is 0. The molecule has 0 radical (unpaired) electrons. The van der Waals surface area contributed by atoms with Gasteiger partial charge in [0.2, 0.25) is 0 Å². The second-order valence-corrected chi connectivity index (χ2v) is 4.70. The van der Waals surface area contributed by atoms with E-state index in [2.05, 4.69) is 20.8 Å². The molecule has 0 atom stereocenters. The van der Waals surface area contributed by atoms with Gasteiger partial charge in [-0.05, 0) is 40.5 Å². The maximum absolute atomic E-state index is 5.83. The van der Waals surface area contributed by atoms with Crippen LogP contribution in [-0.4, -0.2) is 17.7 Å². The third-order valence-electron chi connectivity index (χ3n) is 2.09. The summed E-state index contributed by atoms with van der Waals surface area (Å²) in [5.74, 6) is 0. The van der Waals surface area contributed by atoms with Crippen molar-refractivity contribution in [3.05, 3.63) is 0 Å². The molecule has 0 spiro atoms. The van der Waals surface area contributed by atoms with E-state index in [-0.39, 0.29) is 11.1 Å². The summed E-state index contributed by atoms with van der Waals surface area (Å²) in [6, 6.07) is 0. The summed E-state index contributed by atoms with van der Waals surface area (Å²) in [5, 5.41) is 0. The van der Waals surface area contributed by atoms with Gasteiger partial charge >= 0.3 is 0 Å². The Morgan fingerprint density at radius 1 is 1.17 bits per heavy atom. The quantitative estimate of drug-likeness (QED) is 0.692. The van der Waals surface area contributed by atoms with Crippen LogP contribution in [0.5, 0.6) is 0 Å². The smallest absolute Gasteiger partial charge is 0.0623 e. The summed E-state index contributed by atoms with van der Waals surface area (Å²) in [6.07, 6.45) is 1.95. The molecule has 0 aliphatic carbocycles. The van der Waals surface area contributed by atoms with Gasteiger partial charge < -0.3 is 10.5 Å². The highest BCUT2D eigenvalue weighted by molar-refractivity contribution is 4.72. The second-order valence-electron chi connectivity index (χ2n) is 4.70. The van der Waals surface area contributed by atoms with E-state index in [1.54, 1.807) is 0 Å². The van der Waals surface area contributed by atoms with Gasteiger partial charge in [-0.15, -0.1) is 0 Å². The number of hydrogen-bond donors (Lipinski definition) is 1. The van der Waals surface area contributed by atoms with Crippen molar-refractivity contribution in [2.45, 2.75) is 58.6 Å². The second kappa shape index (κ2) is 4.24. The van der Waals surface area contributed by atoms with Crippen molar-refractivity contribution in [2.75, 3.05) is 6.61 Å². The van der Waals surface area contributed by atoms with Gasteiger partial charge in [-0.25, -0.2) is 0 Å². The fourth-order valence-electron chi connectivity index (χ4n) is 0.692. The minimum Gasteiger partial charge on any atom is -0.376 e. The lowest BCUT2D eigenvalue weighted by atomic mass is 10.0. The molecule has 0 saturated carbocycles. The molecule has 74 valence electrons. The lowest BCUT2D eigenvalue weighted by molar-refractivity contribution is -0.0258. The normalized spacial score (nSPS) is 13.5. The first kappa shape index (κ1) is 11.9. The molecule has 0 unspecified atom stereocenters. The maximum atomic E-state index is 5.83. The van der Waals surface area contributed by atoms with Crippen molar-refractivity contribution in [3.8, 4) is 0 Å². The van der Waals surface area contributed by atoms with Crippen LogP contribution in [-0.2, 0) is 4.74 Å². The van der Waals surface area contributed by atoms with Crippen LogP contribution in [0.1, 0.15) is 47.5 Å². The molecule has 0 aliphatic heterocycles. The molecular weight excluding hydrogens is 150 g/mol. The highest BCUT2D eigenvalue weighted by atomic mass is 16.5. The van der Waals surface area contributed by atoms with Gasteiger partial charge in [-0.3, -0.25) is 0 Å². The van der Waals surface area contributed by atoms with Gasteiger partial charge in [0.15, 0.2) is 0 Å². The van der Waals surface area contributed by atoms with Crippen LogP contribution in [0.15, 0.2) is 0 Å². The fourth-order valence-corrected chi connectivity index (χ4v) is 0.692. The van der Waals surface area contributed by atoms with E-state index >= 15 is 0 Å². The van der Waals surface area contributed by atoms with E-state index in [4.69, 9.17) is 10.5 Å². The van der Waals surface area contributed by atoms with Crippen LogP contribution in [0.3, 0.4) is 0 Å². The Morgan fingerprint density at radius 2 is 1.67 bits per heavy atom. The largest absolute Gasteiger partial charge is 0.376 e. The zero-order valence-corrected chi connectivity index (χ0v) is 9.11. The Morgan fingerprint density at radius 3 is 2.00 bits per heavy atom. The third kappa shape index (κ3) is 6.62. The molecule has 0 aliphatic rings. The Bertz CT molecular complexity index is 124. The number of nitrogens with two attached hydrogens (primary N) is 1. The highest BCUT2D eigenvalue weighted by Crippen LogP contribution is 2.15. The van der Waals surface area contributed by atoms with E-state index < -0.39 is 0 Å². The summed E-state index contributed by atoms with van der Waals surface area (Å²) >= 11 is 0. The minimum atomic E-state index is -0.107. The number of ether oxygens (including phenoxy) is 1. The highest BCUT2D eigenvalue weighted by Gasteiger charge is 2.17. The first-order chi connectivity index (χ1) is 5.27. The summed E-state index contributed by atoms with van der Waals surface area (Å²) < 4.78 is 5.67. The molecule has 12 heavy (non-hydrogen) atoms. The van der Waals surface area contributed by atoms with Crippen LogP contribution in [0.25, 0.3) is 0 Å². The lowest BCUT2D eigenvalue weighted by Gasteiger charge is -2.26. The fraction of sp³-hybridized carbons (Fsp3) is 1.00. The molecule has 0 fully saturated rings. The van der Waals surface area contributed by atoms with Crippen LogP contribution in [0.2, 0.25) is 0 Å². The molecule has 0 heterocycles. The standard InChI is InChI=1S/C10H23NO/c1-6-10(4,5)12-8-7-9(2,3)11/h6-8,11H2,1-5H3. The predicted octanol–water partition coefficient (Wildman–Crippen LogP) is 2.32. The van der Waals surface area contributed by atoms with Crippen molar-refractivity contribution in [1.29, 1.82) is 0 Å². The molecule has 2 heteroatoms. The van der Waals surface area contributed by atoms with Crippen LogP contribution >= 0.6 is 0 Å². The van der Waals surface area contributed by atoms with Gasteiger partial charge in [-0.1, -0.05) is 6.92 Å². The average Bonchev–Trinajstić information content (AvgIpc) is 1.84. The summed E-state index contributed by atoms with van der Waals surface area (Å²) in [6.45, 7) is 11.1. The zero-order valence-electron chi connectivity index (χ0n) is 9.11. The van der Waals surface area contributed by atoms with Crippen LogP contribution in [0, 0.1) is 0 Å². The van der Waals surface area contributed by atoms with Crippen LogP contribution in [0.4, 0.5) is 0 Å². The monoisotopic (exact) mass is 173 g/mol. The Hall–Kier alpha value is -0.0800. The third-order valence-corrected chi connectivity index (χ3v) is 2.09.